The molecule has 0 radical (unpaired) electrons. The number of carbonyl (C=O) groups is 1. The van der Waals surface area contributed by atoms with Crippen LogP contribution in [0.2, 0.25) is 5.02 Å². The molecule has 2 aromatic rings. The zero-order chi connectivity index (χ0) is 16.2. The summed E-state index contributed by atoms with van der Waals surface area (Å²) in [5.41, 5.74) is 1.59. The number of pyridine rings is 1. The van der Waals surface area contributed by atoms with Gasteiger partial charge in [-0.25, -0.2) is 0 Å². The fourth-order valence-corrected chi connectivity index (χ4v) is 2.42. The van der Waals surface area contributed by atoms with Crippen LogP contribution in [0.3, 0.4) is 0 Å². The van der Waals surface area contributed by atoms with Gasteiger partial charge in [-0.1, -0.05) is 62.7 Å². The van der Waals surface area contributed by atoms with Gasteiger partial charge in [-0.3, -0.25) is 9.78 Å². The van der Waals surface area contributed by atoms with Gasteiger partial charge in [0.1, 0.15) is 0 Å². The van der Waals surface area contributed by atoms with Crippen molar-refractivity contribution < 1.29 is 4.79 Å². The molecule has 1 amide bonds. The minimum atomic E-state index is -0.164. The molecule has 1 aromatic heterocycles. The summed E-state index contributed by atoms with van der Waals surface area (Å²) in [6, 6.07) is 11.8. The first kappa shape index (κ1) is 16.5. The summed E-state index contributed by atoms with van der Waals surface area (Å²) < 4.78 is 0. The molecule has 22 heavy (non-hydrogen) atoms. The normalized spacial score (nSPS) is 12.7. The predicted octanol–water partition coefficient (Wildman–Crippen LogP) is 4.12. The Morgan fingerprint density at radius 3 is 2.50 bits per heavy atom. The number of halogens is 1. The summed E-state index contributed by atoms with van der Waals surface area (Å²) in [6.45, 7) is 6.36. The summed E-state index contributed by atoms with van der Waals surface area (Å²) in [4.78, 5) is 16.4. The first-order valence-electron chi connectivity index (χ1n) is 7.32. The summed E-state index contributed by atoms with van der Waals surface area (Å²) >= 11 is 6.05. The van der Waals surface area contributed by atoms with Crippen LogP contribution >= 0.6 is 11.6 Å². The number of aromatic nitrogens is 1. The molecule has 116 valence electrons. The molecule has 0 fully saturated rings. The van der Waals surface area contributed by atoms with Crippen LogP contribution in [-0.2, 0) is 6.42 Å². The number of nitrogens with zero attached hydrogens (tertiary/aromatic N) is 1. The number of nitrogens with one attached hydrogen (secondary N) is 1. The molecule has 0 saturated carbocycles. The number of hydrogen-bond acceptors (Lipinski definition) is 2. The lowest BCUT2D eigenvalue weighted by Gasteiger charge is -2.32. The van der Waals surface area contributed by atoms with Gasteiger partial charge >= 0.3 is 0 Å². The third-order valence-corrected chi connectivity index (χ3v) is 3.95. The Hall–Kier alpha value is -1.87. The first-order chi connectivity index (χ1) is 10.4. The van der Waals surface area contributed by atoms with Crippen LogP contribution in [0, 0.1) is 5.41 Å². The van der Waals surface area contributed by atoms with E-state index in [0.717, 1.165) is 6.42 Å². The van der Waals surface area contributed by atoms with Crippen molar-refractivity contribution in [3.63, 3.8) is 0 Å². The molecule has 0 bridgehead atoms. The second-order valence-electron chi connectivity index (χ2n) is 6.44. The molecule has 1 heterocycles. The zero-order valence-corrected chi connectivity index (χ0v) is 13.9. The van der Waals surface area contributed by atoms with Crippen LogP contribution in [0.1, 0.15) is 36.7 Å². The van der Waals surface area contributed by atoms with E-state index in [-0.39, 0.29) is 17.4 Å². The summed E-state index contributed by atoms with van der Waals surface area (Å²) in [5.74, 6) is -0.164. The van der Waals surface area contributed by atoms with Gasteiger partial charge in [0, 0.05) is 18.4 Å². The van der Waals surface area contributed by atoms with Crippen molar-refractivity contribution in [1.29, 1.82) is 0 Å². The lowest BCUT2D eigenvalue weighted by Crippen LogP contribution is -2.45. The minimum absolute atomic E-state index is 0.00614. The number of hydrogen-bond donors (Lipinski definition) is 1. The standard InChI is InChI=1S/C18H21ClN2O/c1-18(2,3)16(11-13-7-5-4-6-8-13)21-17(22)14-9-10-20-12-15(14)19/h4-10,12,16H,11H2,1-3H3,(H,21,22)/t16-/m1/s1. The van der Waals surface area contributed by atoms with Crippen LogP contribution in [0.25, 0.3) is 0 Å². The summed E-state index contributed by atoms with van der Waals surface area (Å²) in [5, 5.41) is 3.48. The molecule has 1 atom stereocenters. The molecule has 1 N–H and O–H groups in total. The molecule has 1 aromatic carbocycles. The van der Waals surface area contributed by atoms with Gasteiger partial charge in [0.15, 0.2) is 0 Å². The van der Waals surface area contributed by atoms with E-state index in [1.807, 2.05) is 18.2 Å². The summed E-state index contributed by atoms with van der Waals surface area (Å²) in [7, 11) is 0. The molecule has 0 aliphatic heterocycles. The van der Waals surface area contributed by atoms with E-state index in [2.05, 4.69) is 43.2 Å². The maximum absolute atomic E-state index is 12.5. The molecule has 0 aliphatic carbocycles. The highest BCUT2D eigenvalue weighted by atomic mass is 35.5. The third-order valence-electron chi connectivity index (χ3n) is 3.65. The number of rotatable bonds is 4. The SMILES string of the molecule is CC(C)(C)[C@@H](Cc1ccccc1)NC(=O)c1ccncc1Cl. The van der Waals surface area contributed by atoms with Gasteiger partial charge in [-0.15, -0.1) is 0 Å². The van der Waals surface area contributed by atoms with Gasteiger partial charge in [-0.2, -0.15) is 0 Å². The third kappa shape index (κ3) is 4.31. The fourth-order valence-electron chi connectivity index (χ4n) is 2.22. The smallest absolute Gasteiger partial charge is 0.253 e. The van der Waals surface area contributed by atoms with Gasteiger partial charge in [0.05, 0.1) is 10.6 Å². The van der Waals surface area contributed by atoms with Gasteiger partial charge < -0.3 is 5.32 Å². The van der Waals surface area contributed by atoms with Gasteiger partial charge in [0.2, 0.25) is 0 Å². The lowest BCUT2D eigenvalue weighted by atomic mass is 9.83. The number of carbonyl (C=O) groups excluding carboxylic acids is 1. The Bertz CT molecular complexity index is 635. The van der Waals surface area contributed by atoms with Crippen LogP contribution in [-0.4, -0.2) is 16.9 Å². The van der Waals surface area contributed by atoms with Crippen molar-refractivity contribution in [2.45, 2.75) is 33.2 Å². The van der Waals surface area contributed by atoms with E-state index in [1.165, 1.54) is 11.8 Å². The number of benzene rings is 1. The first-order valence-corrected chi connectivity index (χ1v) is 7.70. The van der Waals surface area contributed by atoms with Crippen molar-refractivity contribution in [3.05, 3.63) is 64.9 Å². The highest BCUT2D eigenvalue weighted by Gasteiger charge is 2.27. The van der Waals surface area contributed by atoms with Crippen LogP contribution in [0.15, 0.2) is 48.8 Å². The molecule has 0 unspecified atom stereocenters. The Morgan fingerprint density at radius 2 is 1.91 bits per heavy atom. The monoisotopic (exact) mass is 316 g/mol. The van der Waals surface area contributed by atoms with E-state index in [9.17, 15) is 4.79 Å². The average molecular weight is 317 g/mol. The molecule has 0 aliphatic rings. The molecule has 0 saturated heterocycles. The van der Waals surface area contributed by atoms with E-state index < -0.39 is 0 Å². The lowest BCUT2D eigenvalue weighted by molar-refractivity contribution is 0.0902. The minimum Gasteiger partial charge on any atom is -0.348 e. The highest BCUT2D eigenvalue weighted by Crippen LogP contribution is 2.24. The van der Waals surface area contributed by atoms with E-state index >= 15 is 0 Å². The van der Waals surface area contributed by atoms with Crippen LogP contribution < -0.4 is 5.32 Å². The Kier molecular flexibility index (Phi) is 5.19. The Labute approximate surface area is 136 Å². The highest BCUT2D eigenvalue weighted by molar-refractivity contribution is 6.33. The van der Waals surface area contributed by atoms with Crippen molar-refractivity contribution in [2.75, 3.05) is 0 Å². The van der Waals surface area contributed by atoms with Gasteiger partial charge in [0.25, 0.3) is 5.91 Å². The van der Waals surface area contributed by atoms with Crippen molar-refractivity contribution >= 4 is 17.5 Å². The average Bonchev–Trinajstić information content (AvgIpc) is 2.47. The van der Waals surface area contributed by atoms with Crippen LogP contribution in [0.5, 0.6) is 0 Å². The predicted molar refractivity (Wildman–Crippen MR) is 90.1 cm³/mol. The van der Waals surface area contributed by atoms with E-state index in [0.29, 0.717) is 10.6 Å². The van der Waals surface area contributed by atoms with Crippen LogP contribution in [0.4, 0.5) is 0 Å². The summed E-state index contributed by atoms with van der Waals surface area (Å²) in [6.07, 6.45) is 3.84. The quantitative estimate of drug-likeness (QED) is 0.921. The van der Waals surface area contributed by atoms with Gasteiger partial charge in [-0.05, 0) is 23.5 Å². The Morgan fingerprint density at radius 1 is 1.23 bits per heavy atom. The molecular weight excluding hydrogens is 296 g/mol. The zero-order valence-electron chi connectivity index (χ0n) is 13.1. The van der Waals surface area contributed by atoms with Crippen molar-refractivity contribution in [3.8, 4) is 0 Å². The second-order valence-corrected chi connectivity index (χ2v) is 6.84. The van der Waals surface area contributed by atoms with Crippen molar-refractivity contribution in [2.24, 2.45) is 5.41 Å². The maximum atomic E-state index is 12.5. The largest absolute Gasteiger partial charge is 0.348 e. The van der Waals surface area contributed by atoms with E-state index in [4.69, 9.17) is 11.6 Å². The molecule has 3 nitrogen and oxygen atoms in total. The van der Waals surface area contributed by atoms with E-state index in [1.54, 1.807) is 12.3 Å². The maximum Gasteiger partial charge on any atom is 0.253 e. The van der Waals surface area contributed by atoms with Crippen molar-refractivity contribution in [1.82, 2.24) is 10.3 Å². The molecule has 4 heteroatoms. The topological polar surface area (TPSA) is 42.0 Å². The number of amides is 1. The Balaban J connectivity index is 2.17. The fraction of sp³-hybridized carbons (Fsp3) is 0.333. The second kappa shape index (κ2) is 6.93. The molecular formula is C18H21ClN2O. The molecule has 0 spiro atoms. The molecule has 2 rings (SSSR count).